The van der Waals surface area contributed by atoms with Crippen molar-refractivity contribution in [1.82, 2.24) is 0 Å². The lowest BCUT2D eigenvalue weighted by Gasteiger charge is -2.13. The predicted molar refractivity (Wildman–Crippen MR) is 60.2 cm³/mol. The fourth-order valence-electron chi connectivity index (χ4n) is 1.18. The van der Waals surface area contributed by atoms with E-state index in [0.29, 0.717) is 11.3 Å². The van der Waals surface area contributed by atoms with Crippen LogP contribution in [0.1, 0.15) is 18.6 Å². The first-order valence-electron chi connectivity index (χ1n) is 4.68. The molecule has 0 aliphatic rings. The average molecular weight is 222 g/mol. The van der Waals surface area contributed by atoms with Crippen LogP contribution >= 0.6 is 0 Å². The van der Waals surface area contributed by atoms with E-state index < -0.39 is 6.10 Å². The van der Waals surface area contributed by atoms with Crippen LogP contribution in [0.15, 0.2) is 24.3 Å². The number of methoxy groups -OCH3 is 1. The van der Waals surface area contributed by atoms with E-state index in [1.165, 1.54) is 14.0 Å². The molecule has 1 aromatic rings. The minimum atomic E-state index is -1.18. The fraction of sp³-hybridized carbons (Fsp3) is 0.273. The number of ether oxygens (including phenoxy) is 2. The van der Waals surface area contributed by atoms with Crippen LogP contribution in [0, 0.1) is 10.8 Å². The molecule has 0 spiro atoms. The maximum Gasteiger partial charge on any atom is 0.222 e. The molecule has 0 heterocycles. The van der Waals surface area contributed by atoms with E-state index in [-0.39, 0.29) is 11.8 Å². The van der Waals surface area contributed by atoms with E-state index >= 15 is 0 Å². The molecule has 1 atom stereocenters. The van der Waals surface area contributed by atoms with Crippen LogP contribution in [0.25, 0.3) is 0 Å². The van der Waals surface area contributed by atoms with Crippen molar-refractivity contribution in [2.75, 3.05) is 7.11 Å². The Balaban J connectivity index is 2.82. The number of aliphatic hydroxyl groups excluding tert-OH is 1. The monoisotopic (exact) mass is 222 g/mol. The van der Waals surface area contributed by atoms with Crippen LogP contribution in [0.2, 0.25) is 0 Å². The minimum Gasteiger partial charge on any atom is -0.497 e. The van der Waals surface area contributed by atoms with Crippen molar-refractivity contribution in [3.63, 3.8) is 0 Å². The highest BCUT2D eigenvalue weighted by Gasteiger charge is 2.16. The predicted octanol–water partition coefficient (Wildman–Crippen LogP) is 1.72. The van der Waals surface area contributed by atoms with Gasteiger partial charge in [0, 0.05) is 6.92 Å². The van der Waals surface area contributed by atoms with Gasteiger partial charge in [0.2, 0.25) is 5.90 Å². The first-order valence-corrected chi connectivity index (χ1v) is 4.68. The van der Waals surface area contributed by atoms with Gasteiger partial charge in [-0.3, -0.25) is 10.8 Å². The smallest absolute Gasteiger partial charge is 0.222 e. The molecular formula is C11H14N2O3. The second-order valence-corrected chi connectivity index (χ2v) is 3.20. The second-order valence-electron chi connectivity index (χ2n) is 3.20. The van der Waals surface area contributed by atoms with Crippen molar-refractivity contribution in [2.45, 2.75) is 13.0 Å². The molecule has 16 heavy (non-hydrogen) atoms. The molecule has 0 aromatic heterocycles. The summed E-state index contributed by atoms with van der Waals surface area (Å²) in [5.41, 5.74) is 0.491. The molecule has 0 aliphatic carbocycles. The second kappa shape index (κ2) is 5.27. The molecule has 0 amide bonds. The van der Waals surface area contributed by atoms with Crippen molar-refractivity contribution < 1.29 is 14.6 Å². The molecule has 0 saturated carbocycles. The topological polar surface area (TPSA) is 86.4 Å². The highest BCUT2D eigenvalue weighted by molar-refractivity contribution is 5.90. The molecule has 1 rings (SSSR count). The van der Waals surface area contributed by atoms with Crippen molar-refractivity contribution in [2.24, 2.45) is 0 Å². The van der Waals surface area contributed by atoms with E-state index in [2.05, 4.69) is 0 Å². The Labute approximate surface area is 93.6 Å². The number of hydrogen-bond donors (Lipinski definition) is 3. The van der Waals surface area contributed by atoms with Gasteiger partial charge in [-0.05, 0) is 17.7 Å². The van der Waals surface area contributed by atoms with Crippen LogP contribution in [0.4, 0.5) is 0 Å². The van der Waals surface area contributed by atoms with Gasteiger partial charge in [0.05, 0.1) is 7.11 Å². The highest BCUT2D eigenvalue weighted by atomic mass is 16.5. The van der Waals surface area contributed by atoms with E-state index in [9.17, 15) is 5.11 Å². The van der Waals surface area contributed by atoms with Crippen molar-refractivity contribution in [1.29, 1.82) is 10.8 Å². The zero-order valence-electron chi connectivity index (χ0n) is 9.15. The molecule has 0 bridgehead atoms. The SMILES string of the molecule is COc1cccc(C(O)C(=N)OC(C)=N)c1. The summed E-state index contributed by atoms with van der Waals surface area (Å²) >= 11 is 0. The standard InChI is InChI=1S/C11H14N2O3/c1-7(12)16-11(13)10(14)8-4-3-5-9(6-8)15-2/h3-6,10,12-14H,1-2H3. The lowest BCUT2D eigenvalue weighted by Crippen LogP contribution is -2.16. The molecule has 5 heteroatoms. The van der Waals surface area contributed by atoms with E-state index in [4.69, 9.17) is 20.3 Å². The van der Waals surface area contributed by atoms with E-state index in [0.717, 1.165) is 0 Å². The third-order valence-electron chi connectivity index (χ3n) is 1.92. The van der Waals surface area contributed by atoms with Gasteiger partial charge in [-0.15, -0.1) is 0 Å². The van der Waals surface area contributed by atoms with Crippen LogP contribution in [-0.4, -0.2) is 24.0 Å². The van der Waals surface area contributed by atoms with Crippen LogP contribution in [0.3, 0.4) is 0 Å². The molecule has 3 N–H and O–H groups in total. The molecule has 0 radical (unpaired) electrons. The van der Waals surface area contributed by atoms with Gasteiger partial charge in [0.25, 0.3) is 0 Å². The lowest BCUT2D eigenvalue weighted by atomic mass is 10.1. The van der Waals surface area contributed by atoms with Crippen molar-refractivity contribution in [3.8, 4) is 5.75 Å². The first kappa shape index (κ1) is 12.2. The highest BCUT2D eigenvalue weighted by Crippen LogP contribution is 2.20. The van der Waals surface area contributed by atoms with Gasteiger partial charge in [0.1, 0.15) is 5.75 Å². The zero-order chi connectivity index (χ0) is 12.1. The molecule has 5 nitrogen and oxygen atoms in total. The Bertz CT molecular complexity index is 404. The molecule has 0 fully saturated rings. The third-order valence-corrected chi connectivity index (χ3v) is 1.92. The summed E-state index contributed by atoms with van der Waals surface area (Å²) in [6, 6.07) is 6.72. The Morgan fingerprint density at radius 2 is 2.06 bits per heavy atom. The van der Waals surface area contributed by atoms with Gasteiger partial charge in [-0.25, -0.2) is 0 Å². The van der Waals surface area contributed by atoms with Gasteiger partial charge < -0.3 is 14.6 Å². The first-order chi connectivity index (χ1) is 7.54. The van der Waals surface area contributed by atoms with E-state index in [1.54, 1.807) is 24.3 Å². The Hall–Kier alpha value is -1.88. The summed E-state index contributed by atoms with van der Waals surface area (Å²) in [5.74, 6) is 0.0867. The van der Waals surface area contributed by atoms with Crippen molar-refractivity contribution >= 4 is 11.8 Å². The number of hydrogen-bond acceptors (Lipinski definition) is 5. The van der Waals surface area contributed by atoms with Crippen molar-refractivity contribution in [3.05, 3.63) is 29.8 Å². The number of nitrogens with one attached hydrogen (secondary N) is 2. The average Bonchev–Trinajstić information content (AvgIpc) is 2.27. The van der Waals surface area contributed by atoms with Gasteiger partial charge in [0.15, 0.2) is 12.0 Å². The summed E-state index contributed by atoms with van der Waals surface area (Å²) in [6.45, 7) is 1.40. The summed E-state index contributed by atoms with van der Waals surface area (Å²) in [7, 11) is 1.52. The number of aliphatic hydroxyl groups is 1. The summed E-state index contributed by atoms with van der Waals surface area (Å²) < 4.78 is 9.72. The largest absolute Gasteiger partial charge is 0.497 e. The van der Waals surface area contributed by atoms with Gasteiger partial charge in [-0.1, -0.05) is 12.1 Å². The molecular weight excluding hydrogens is 208 g/mol. The Morgan fingerprint density at radius 1 is 1.38 bits per heavy atom. The van der Waals surface area contributed by atoms with Crippen LogP contribution in [-0.2, 0) is 4.74 Å². The normalized spacial score (nSPS) is 11.7. The zero-order valence-corrected chi connectivity index (χ0v) is 9.15. The minimum absolute atomic E-state index is 0.132. The van der Waals surface area contributed by atoms with Crippen LogP contribution in [0.5, 0.6) is 5.75 Å². The fourth-order valence-corrected chi connectivity index (χ4v) is 1.18. The summed E-state index contributed by atoms with van der Waals surface area (Å²) in [4.78, 5) is 0. The van der Waals surface area contributed by atoms with Crippen LogP contribution < -0.4 is 4.74 Å². The maximum absolute atomic E-state index is 9.76. The molecule has 1 unspecified atom stereocenters. The van der Waals surface area contributed by atoms with Gasteiger partial charge >= 0.3 is 0 Å². The summed E-state index contributed by atoms with van der Waals surface area (Å²) in [6.07, 6.45) is -1.18. The summed E-state index contributed by atoms with van der Waals surface area (Å²) in [5, 5.41) is 24.3. The molecule has 0 saturated heterocycles. The number of benzene rings is 1. The Morgan fingerprint density at radius 3 is 2.62 bits per heavy atom. The molecule has 1 aromatic carbocycles. The maximum atomic E-state index is 9.76. The van der Waals surface area contributed by atoms with E-state index in [1.807, 2.05) is 0 Å². The third kappa shape index (κ3) is 3.06. The number of rotatable bonds is 3. The lowest BCUT2D eigenvalue weighted by molar-refractivity contribution is 0.220. The quantitative estimate of drug-likeness (QED) is 0.537. The molecule has 86 valence electrons. The Kier molecular flexibility index (Phi) is 4.02. The molecule has 0 aliphatic heterocycles. The van der Waals surface area contributed by atoms with Gasteiger partial charge in [-0.2, -0.15) is 0 Å².